The minimum Gasteiger partial charge on any atom is -0.450 e. The lowest BCUT2D eigenvalue weighted by Gasteiger charge is -2.39. The topological polar surface area (TPSA) is 116 Å². The molecule has 1 aliphatic heterocycles. The molecule has 2 aromatic rings. The standard InChI is InChI=1S/C33H46F2N4O5/c1-5-10-37(11-6-2)31(41)24-14-22(4)15-25(19-24)32(42)39(28-8-12-38(13-9-28)33(43)44-7-3)21-30(40)29(36)18-23-16-26(34)20-27(35)17-23/h14-17,19-20,28-30,40H,5-13,18,21,36H2,1-4H3/t29-,30+/m0/s1. The smallest absolute Gasteiger partial charge is 0.409 e. The monoisotopic (exact) mass is 616 g/mol. The van der Waals surface area contributed by atoms with Crippen LogP contribution in [0.5, 0.6) is 0 Å². The van der Waals surface area contributed by atoms with Gasteiger partial charge in [0.1, 0.15) is 11.6 Å². The Morgan fingerprint density at radius 1 is 0.955 bits per heavy atom. The highest BCUT2D eigenvalue weighted by atomic mass is 19.1. The Hall–Kier alpha value is -3.57. The number of carbonyl (C=O) groups is 3. The van der Waals surface area contributed by atoms with Gasteiger partial charge in [0.25, 0.3) is 11.8 Å². The van der Waals surface area contributed by atoms with E-state index in [0.29, 0.717) is 55.7 Å². The van der Waals surface area contributed by atoms with Crippen LogP contribution in [-0.4, -0.2) is 95.2 Å². The summed E-state index contributed by atoms with van der Waals surface area (Å²) in [6, 6.07) is 6.91. The lowest BCUT2D eigenvalue weighted by molar-refractivity contribution is 0.0322. The van der Waals surface area contributed by atoms with Gasteiger partial charge in [-0.2, -0.15) is 0 Å². The van der Waals surface area contributed by atoms with Gasteiger partial charge in [0.05, 0.1) is 12.7 Å². The fourth-order valence-corrected chi connectivity index (χ4v) is 5.68. The van der Waals surface area contributed by atoms with Crippen molar-refractivity contribution in [3.05, 3.63) is 70.3 Å². The molecular weight excluding hydrogens is 570 g/mol. The summed E-state index contributed by atoms with van der Waals surface area (Å²) in [5, 5.41) is 11.2. The third kappa shape index (κ3) is 9.46. The van der Waals surface area contributed by atoms with Crippen molar-refractivity contribution in [1.82, 2.24) is 14.7 Å². The molecule has 3 amide bonds. The highest BCUT2D eigenvalue weighted by molar-refractivity contribution is 6.00. The molecule has 1 aliphatic rings. The minimum atomic E-state index is -1.22. The highest BCUT2D eigenvalue weighted by Gasteiger charge is 2.33. The van der Waals surface area contributed by atoms with Crippen molar-refractivity contribution in [1.29, 1.82) is 0 Å². The van der Waals surface area contributed by atoms with Crippen LogP contribution in [-0.2, 0) is 11.2 Å². The molecule has 0 bridgehead atoms. The van der Waals surface area contributed by atoms with Crippen LogP contribution >= 0.6 is 0 Å². The summed E-state index contributed by atoms with van der Waals surface area (Å²) in [5.74, 6) is -2.01. The van der Waals surface area contributed by atoms with Crippen molar-refractivity contribution in [2.24, 2.45) is 5.73 Å². The molecule has 3 N–H and O–H groups in total. The van der Waals surface area contributed by atoms with Crippen LogP contribution in [0.2, 0.25) is 0 Å². The molecule has 0 spiro atoms. The molecule has 1 heterocycles. The number of rotatable bonds is 13. The Labute approximate surface area is 258 Å². The summed E-state index contributed by atoms with van der Waals surface area (Å²) < 4.78 is 32.6. The van der Waals surface area contributed by atoms with Gasteiger partial charge in [0.2, 0.25) is 0 Å². The van der Waals surface area contributed by atoms with Crippen LogP contribution in [0, 0.1) is 18.6 Å². The average Bonchev–Trinajstić information content (AvgIpc) is 2.98. The van der Waals surface area contributed by atoms with E-state index in [-0.39, 0.29) is 37.4 Å². The number of halogens is 2. The summed E-state index contributed by atoms with van der Waals surface area (Å²) in [6.07, 6.45) is 0.861. The van der Waals surface area contributed by atoms with Crippen LogP contribution in [0.4, 0.5) is 13.6 Å². The first-order valence-corrected chi connectivity index (χ1v) is 15.5. The second-order valence-corrected chi connectivity index (χ2v) is 11.5. The van der Waals surface area contributed by atoms with Gasteiger partial charge in [-0.1, -0.05) is 13.8 Å². The molecule has 11 heteroatoms. The zero-order chi connectivity index (χ0) is 32.4. The number of carbonyl (C=O) groups excluding carboxylic acids is 3. The Morgan fingerprint density at radius 2 is 1.52 bits per heavy atom. The minimum absolute atomic E-state index is 0.00698. The van der Waals surface area contributed by atoms with Crippen LogP contribution in [0.3, 0.4) is 0 Å². The lowest BCUT2D eigenvalue weighted by atomic mass is 9.97. The predicted molar refractivity (Wildman–Crippen MR) is 164 cm³/mol. The fraction of sp³-hybridized carbons (Fsp3) is 0.545. The average molecular weight is 617 g/mol. The highest BCUT2D eigenvalue weighted by Crippen LogP contribution is 2.23. The van der Waals surface area contributed by atoms with Crippen molar-refractivity contribution < 1.29 is 33.0 Å². The quantitative estimate of drug-likeness (QED) is 0.342. The summed E-state index contributed by atoms with van der Waals surface area (Å²) >= 11 is 0. The summed E-state index contributed by atoms with van der Waals surface area (Å²) in [7, 11) is 0. The SMILES string of the molecule is CCCN(CCC)C(=O)c1cc(C)cc(C(=O)N(C[C@@H](O)[C@@H](N)Cc2cc(F)cc(F)c2)C2CCN(C(=O)OCC)CC2)c1. The molecule has 0 saturated carbocycles. The molecule has 0 unspecified atom stereocenters. The van der Waals surface area contributed by atoms with Gasteiger partial charge in [-0.15, -0.1) is 0 Å². The van der Waals surface area contributed by atoms with E-state index in [9.17, 15) is 28.3 Å². The van der Waals surface area contributed by atoms with Crippen molar-refractivity contribution in [3.63, 3.8) is 0 Å². The van der Waals surface area contributed by atoms with Crippen LogP contribution in [0.15, 0.2) is 36.4 Å². The lowest BCUT2D eigenvalue weighted by Crippen LogP contribution is -2.53. The second kappa shape index (κ2) is 16.5. The van der Waals surface area contributed by atoms with E-state index in [1.807, 2.05) is 20.8 Å². The number of likely N-dealkylation sites (tertiary alicyclic amines) is 1. The first-order valence-electron chi connectivity index (χ1n) is 15.5. The molecule has 0 radical (unpaired) electrons. The Balaban J connectivity index is 1.88. The van der Waals surface area contributed by atoms with Crippen LogP contribution in [0.25, 0.3) is 0 Å². The van der Waals surface area contributed by atoms with Gasteiger partial charge in [-0.3, -0.25) is 9.59 Å². The number of hydrogen-bond donors (Lipinski definition) is 2. The van der Waals surface area contributed by atoms with Gasteiger partial charge in [0, 0.05) is 62.0 Å². The molecule has 1 saturated heterocycles. The first kappa shape index (κ1) is 34.9. The molecule has 242 valence electrons. The molecule has 2 atom stereocenters. The summed E-state index contributed by atoms with van der Waals surface area (Å²) in [5.41, 5.74) is 8.05. The van der Waals surface area contributed by atoms with Crippen LogP contribution in [0.1, 0.15) is 78.3 Å². The third-order valence-corrected chi connectivity index (χ3v) is 7.81. The van der Waals surface area contributed by atoms with E-state index >= 15 is 0 Å². The molecule has 44 heavy (non-hydrogen) atoms. The van der Waals surface area contributed by atoms with Gasteiger partial charge >= 0.3 is 6.09 Å². The first-order chi connectivity index (χ1) is 21.0. The second-order valence-electron chi connectivity index (χ2n) is 11.5. The maximum absolute atomic E-state index is 14.2. The zero-order valence-electron chi connectivity index (χ0n) is 26.2. The molecule has 3 rings (SSSR count). The number of amides is 3. The maximum atomic E-state index is 14.2. The van der Waals surface area contributed by atoms with E-state index < -0.39 is 29.9 Å². The van der Waals surface area contributed by atoms with Gasteiger partial charge in [0.15, 0.2) is 0 Å². The van der Waals surface area contributed by atoms with Crippen molar-refractivity contribution >= 4 is 17.9 Å². The summed E-state index contributed by atoms with van der Waals surface area (Å²) in [4.78, 5) is 44.8. The Kier molecular flexibility index (Phi) is 13.1. The molecule has 9 nitrogen and oxygen atoms in total. The molecular formula is C33H46F2N4O5. The number of benzene rings is 2. The van der Waals surface area contributed by atoms with Crippen LogP contribution < -0.4 is 5.73 Å². The van der Waals surface area contributed by atoms with E-state index in [4.69, 9.17) is 10.5 Å². The maximum Gasteiger partial charge on any atom is 0.409 e. The summed E-state index contributed by atoms with van der Waals surface area (Å²) in [6.45, 7) is 9.61. The number of nitrogens with two attached hydrogens (primary N) is 1. The van der Waals surface area contributed by atoms with Gasteiger partial charge < -0.3 is 30.3 Å². The zero-order valence-corrected chi connectivity index (χ0v) is 26.2. The number of hydrogen-bond acceptors (Lipinski definition) is 6. The molecule has 1 fully saturated rings. The molecule has 0 aliphatic carbocycles. The number of nitrogens with zero attached hydrogens (tertiary/aromatic N) is 3. The predicted octanol–water partition coefficient (Wildman–Crippen LogP) is 4.53. The van der Waals surface area contributed by atoms with E-state index in [2.05, 4.69) is 0 Å². The van der Waals surface area contributed by atoms with Crippen molar-refractivity contribution in [2.45, 2.75) is 78.0 Å². The van der Waals surface area contributed by atoms with E-state index in [1.165, 1.54) is 0 Å². The molecule has 0 aromatic heterocycles. The van der Waals surface area contributed by atoms with E-state index in [0.717, 1.165) is 36.6 Å². The van der Waals surface area contributed by atoms with Gasteiger partial charge in [-0.25, -0.2) is 13.6 Å². The third-order valence-electron chi connectivity index (χ3n) is 7.81. The van der Waals surface area contributed by atoms with Gasteiger partial charge in [-0.05, 0) is 87.4 Å². The normalized spacial score (nSPS) is 15.0. The Morgan fingerprint density at radius 3 is 2.07 bits per heavy atom. The van der Waals surface area contributed by atoms with Crippen molar-refractivity contribution in [3.8, 4) is 0 Å². The number of aliphatic hydroxyl groups is 1. The number of piperidine rings is 1. The number of ether oxygens (including phenoxy) is 1. The largest absolute Gasteiger partial charge is 0.450 e. The Bertz CT molecular complexity index is 1260. The van der Waals surface area contributed by atoms with Crippen molar-refractivity contribution in [2.75, 3.05) is 39.3 Å². The van der Waals surface area contributed by atoms with E-state index in [1.54, 1.807) is 39.8 Å². The molecule has 2 aromatic carbocycles. The fourth-order valence-electron chi connectivity index (χ4n) is 5.68. The number of aryl methyl sites for hydroxylation is 1. The number of aliphatic hydroxyl groups excluding tert-OH is 1.